The van der Waals surface area contributed by atoms with Crippen LogP contribution in [0.2, 0.25) is 0 Å². The number of aromatic nitrogens is 1. The van der Waals surface area contributed by atoms with Crippen LogP contribution in [0.4, 0.5) is 11.4 Å². The summed E-state index contributed by atoms with van der Waals surface area (Å²) in [5.41, 5.74) is 3.74. The van der Waals surface area contributed by atoms with E-state index in [4.69, 9.17) is 0 Å². The van der Waals surface area contributed by atoms with Gasteiger partial charge in [-0.2, -0.15) is 0 Å². The van der Waals surface area contributed by atoms with Crippen LogP contribution in [0.1, 0.15) is 16.1 Å². The van der Waals surface area contributed by atoms with Gasteiger partial charge in [0.2, 0.25) is 0 Å². The second-order valence-corrected chi connectivity index (χ2v) is 4.90. The molecule has 116 valence electrons. The number of esters is 1. The minimum absolute atomic E-state index is 0. The van der Waals surface area contributed by atoms with Crippen molar-refractivity contribution in [1.82, 2.24) is 4.98 Å². The molecule has 0 amide bonds. The van der Waals surface area contributed by atoms with Gasteiger partial charge in [0.25, 0.3) is 0 Å². The normalized spacial score (nSPS) is 12.7. The molecule has 0 atom stereocenters. The topological polar surface area (TPSA) is 54.5 Å². The molecule has 0 fully saturated rings. The lowest BCUT2D eigenvalue weighted by atomic mass is 10.2. The number of nitrogens with zero attached hydrogens (tertiary/aromatic N) is 2. The number of para-hydroxylation sites is 2. The SMILES string of the molecule is COC(=O)c1ccc(CN2CCNc3ccccc32)nc1.Cl. The van der Waals surface area contributed by atoms with Gasteiger partial charge in [-0.05, 0) is 24.3 Å². The Bertz CT molecular complexity index is 646. The molecule has 1 aromatic carbocycles. The first-order valence-electron chi connectivity index (χ1n) is 6.89. The highest BCUT2D eigenvalue weighted by Gasteiger charge is 2.16. The second-order valence-electron chi connectivity index (χ2n) is 4.90. The van der Waals surface area contributed by atoms with Gasteiger partial charge in [0.15, 0.2) is 0 Å². The van der Waals surface area contributed by atoms with Crippen LogP contribution in [0, 0.1) is 0 Å². The van der Waals surface area contributed by atoms with E-state index in [1.54, 1.807) is 12.3 Å². The Morgan fingerprint density at radius 2 is 2.14 bits per heavy atom. The number of fused-ring (bicyclic) bond motifs is 1. The molecule has 1 N–H and O–H groups in total. The lowest BCUT2D eigenvalue weighted by molar-refractivity contribution is 0.0600. The van der Waals surface area contributed by atoms with Crippen LogP contribution >= 0.6 is 12.4 Å². The number of pyridine rings is 1. The zero-order valence-electron chi connectivity index (χ0n) is 12.3. The summed E-state index contributed by atoms with van der Waals surface area (Å²) in [4.78, 5) is 18.0. The van der Waals surface area contributed by atoms with Gasteiger partial charge in [0, 0.05) is 19.3 Å². The van der Waals surface area contributed by atoms with Crippen molar-refractivity contribution in [2.75, 3.05) is 30.4 Å². The van der Waals surface area contributed by atoms with Crippen molar-refractivity contribution in [3.8, 4) is 0 Å². The average molecular weight is 320 g/mol. The number of methoxy groups -OCH3 is 1. The van der Waals surface area contributed by atoms with Crippen molar-refractivity contribution < 1.29 is 9.53 Å². The molecule has 0 saturated heterocycles. The van der Waals surface area contributed by atoms with E-state index in [-0.39, 0.29) is 18.4 Å². The number of hydrogen-bond donors (Lipinski definition) is 1. The minimum Gasteiger partial charge on any atom is -0.465 e. The highest BCUT2D eigenvalue weighted by Crippen LogP contribution is 2.29. The van der Waals surface area contributed by atoms with Gasteiger partial charge >= 0.3 is 5.97 Å². The lowest BCUT2D eigenvalue weighted by Gasteiger charge is -2.31. The Morgan fingerprint density at radius 1 is 1.32 bits per heavy atom. The van der Waals surface area contributed by atoms with E-state index < -0.39 is 0 Å². The maximum absolute atomic E-state index is 11.4. The zero-order chi connectivity index (χ0) is 14.7. The molecule has 5 nitrogen and oxygen atoms in total. The molecule has 1 aromatic heterocycles. The number of carbonyl (C=O) groups excluding carboxylic acids is 1. The Kier molecular flexibility index (Phi) is 5.22. The third-order valence-electron chi connectivity index (χ3n) is 3.54. The molecule has 2 aromatic rings. The van der Waals surface area contributed by atoms with Crippen molar-refractivity contribution in [2.24, 2.45) is 0 Å². The summed E-state index contributed by atoms with van der Waals surface area (Å²) in [6, 6.07) is 11.9. The molecule has 1 aliphatic rings. The highest BCUT2D eigenvalue weighted by atomic mass is 35.5. The fourth-order valence-electron chi connectivity index (χ4n) is 2.46. The number of carbonyl (C=O) groups is 1. The average Bonchev–Trinajstić information content (AvgIpc) is 2.55. The molecule has 0 spiro atoms. The summed E-state index contributed by atoms with van der Waals surface area (Å²) in [5, 5.41) is 3.39. The Hall–Kier alpha value is -2.27. The number of anilines is 2. The van der Waals surface area contributed by atoms with Crippen molar-refractivity contribution in [3.63, 3.8) is 0 Å². The van der Waals surface area contributed by atoms with E-state index >= 15 is 0 Å². The van der Waals surface area contributed by atoms with Crippen molar-refractivity contribution in [1.29, 1.82) is 0 Å². The Morgan fingerprint density at radius 3 is 2.86 bits per heavy atom. The Balaban J connectivity index is 0.00000176. The van der Waals surface area contributed by atoms with Crippen molar-refractivity contribution >= 4 is 29.8 Å². The van der Waals surface area contributed by atoms with E-state index in [1.165, 1.54) is 12.8 Å². The summed E-state index contributed by atoms with van der Waals surface area (Å²) in [6.07, 6.45) is 1.56. The molecule has 0 unspecified atom stereocenters. The van der Waals surface area contributed by atoms with Gasteiger partial charge in [-0.3, -0.25) is 4.98 Å². The van der Waals surface area contributed by atoms with Gasteiger partial charge in [-0.1, -0.05) is 12.1 Å². The first-order valence-corrected chi connectivity index (χ1v) is 6.89. The summed E-state index contributed by atoms with van der Waals surface area (Å²) in [7, 11) is 1.37. The van der Waals surface area contributed by atoms with Crippen LogP contribution in [0.15, 0.2) is 42.6 Å². The molecule has 0 radical (unpaired) electrons. The second kappa shape index (κ2) is 7.13. The lowest BCUT2D eigenvalue weighted by Crippen LogP contribution is -2.33. The van der Waals surface area contributed by atoms with Gasteiger partial charge in [0.05, 0.1) is 36.3 Å². The van der Waals surface area contributed by atoms with Crippen LogP contribution < -0.4 is 10.2 Å². The van der Waals surface area contributed by atoms with Crippen molar-refractivity contribution in [2.45, 2.75) is 6.54 Å². The third-order valence-corrected chi connectivity index (χ3v) is 3.54. The van der Waals surface area contributed by atoms with Crippen LogP contribution in [-0.4, -0.2) is 31.2 Å². The summed E-state index contributed by atoms with van der Waals surface area (Å²) in [6.45, 7) is 2.56. The summed E-state index contributed by atoms with van der Waals surface area (Å²) in [5.74, 6) is -0.360. The molecule has 22 heavy (non-hydrogen) atoms. The Labute approximate surface area is 135 Å². The van der Waals surface area contributed by atoms with Gasteiger partial charge < -0.3 is 15.0 Å². The molecule has 2 heterocycles. The number of halogens is 1. The molecule has 6 heteroatoms. The largest absolute Gasteiger partial charge is 0.465 e. The molecular weight excluding hydrogens is 302 g/mol. The van der Waals surface area contributed by atoms with Crippen LogP contribution in [0.5, 0.6) is 0 Å². The minimum atomic E-state index is -0.360. The molecule has 0 bridgehead atoms. The smallest absolute Gasteiger partial charge is 0.339 e. The summed E-state index contributed by atoms with van der Waals surface area (Å²) >= 11 is 0. The fourth-order valence-corrected chi connectivity index (χ4v) is 2.46. The molecule has 0 aliphatic carbocycles. The van der Waals surface area contributed by atoms with Crippen molar-refractivity contribution in [3.05, 3.63) is 53.9 Å². The van der Waals surface area contributed by atoms with E-state index in [0.717, 1.165) is 31.0 Å². The maximum Gasteiger partial charge on any atom is 0.339 e. The molecular formula is C16H18ClN3O2. The van der Waals surface area contributed by atoms with E-state index in [9.17, 15) is 4.79 Å². The van der Waals surface area contributed by atoms with Gasteiger partial charge in [-0.25, -0.2) is 4.79 Å². The van der Waals surface area contributed by atoms with Crippen LogP contribution in [0.3, 0.4) is 0 Å². The number of benzene rings is 1. The molecule has 1 aliphatic heterocycles. The third kappa shape index (κ3) is 3.31. The van der Waals surface area contributed by atoms with Crippen LogP contribution in [0.25, 0.3) is 0 Å². The number of rotatable bonds is 3. The number of hydrogen-bond acceptors (Lipinski definition) is 5. The van der Waals surface area contributed by atoms with E-state index in [1.807, 2.05) is 18.2 Å². The zero-order valence-corrected chi connectivity index (χ0v) is 13.1. The van der Waals surface area contributed by atoms with Gasteiger partial charge in [0.1, 0.15) is 0 Å². The predicted molar refractivity (Wildman–Crippen MR) is 88.8 cm³/mol. The van der Waals surface area contributed by atoms with Gasteiger partial charge in [-0.15, -0.1) is 12.4 Å². The quantitative estimate of drug-likeness (QED) is 0.882. The molecule has 3 rings (SSSR count). The maximum atomic E-state index is 11.4. The highest BCUT2D eigenvalue weighted by molar-refractivity contribution is 5.88. The first kappa shape index (κ1) is 16.1. The predicted octanol–water partition coefficient (Wildman–Crippen LogP) is 2.72. The number of ether oxygens (including phenoxy) is 1. The number of nitrogens with one attached hydrogen (secondary N) is 1. The van der Waals surface area contributed by atoms with E-state index in [2.05, 4.69) is 32.1 Å². The summed E-state index contributed by atoms with van der Waals surface area (Å²) < 4.78 is 4.67. The standard InChI is InChI=1S/C16H17N3O2.ClH/c1-21-16(20)12-6-7-13(18-10-12)11-19-9-8-17-14-4-2-3-5-15(14)19;/h2-7,10,17H,8-9,11H2,1H3;1H. The van der Waals surface area contributed by atoms with E-state index in [0.29, 0.717) is 5.56 Å². The fraction of sp³-hybridized carbons (Fsp3) is 0.250. The molecule has 0 saturated carbocycles. The first-order chi connectivity index (χ1) is 10.3. The van der Waals surface area contributed by atoms with Crippen LogP contribution in [-0.2, 0) is 11.3 Å². The monoisotopic (exact) mass is 319 g/mol.